The van der Waals surface area contributed by atoms with Gasteiger partial charge in [0.25, 0.3) is 5.91 Å². The van der Waals surface area contributed by atoms with Crippen LogP contribution in [0.4, 0.5) is 5.13 Å². The largest absolute Gasteiger partial charge is 0.497 e. The highest BCUT2D eigenvalue weighted by molar-refractivity contribution is 7.22. The molecule has 8 nitrogen and oxygen atoms in total. The number of amides is 2. The first-order valence-corrected chi connectivity index (χ1v) is 13.7. The Morgan fingerprint density at radius 1 is 1.05 bits per heavy atom. The van der Waals surface area contributed by atoms with E-state index < -0.39 is 6.04 Å². The van der Waals surface area contributed by atoms with E-state index >= 15 is 0 Å². The maximum Gasteiger partial charge on any atom is 0.272 e. The zero-order chi connectivity index (χ0) is 27.5. The lowest BCUT2D eigenvalue weighted by Gasteiger charge is -2.30. The van der Waals surface area contributed by atoms with Gasteiger partial charge in [0.05, 0.1) is 35.6 Å². The number of rotatable bonds is 8. The van der Waals surface area contributed by atoms with Crippen LogP contribution in [0.15, 0.2) is 77.9 Å². The van der Waals surface area contributed by atoms with E-state index in [1.165, 1.54) is 11.3 Å². The number of para-hydroxylation sites is 1. The number of halogens is 1. The Morgan fingerprint density at radius 2 is 1.82 bits per heavy atom. The Bertz CT molecular complexity index is 1520. The van der Waals surface area contributed by atoms with Crippen molar-refractivity contribution >= 4 is 50.1 Å². The second kappa shape index (κ2) is 11.5. The van der Waals surface area contributed by atoms with E-state index in [0.717, 1.165) is 27.1 Å². The Morgan fingerprint density at radius 3 is 2.51 bits per heavy atom. The first kappa shape index (κ1) is 26.8. The van der Waals surface area contributed by atoms with Gasteiger partial charge < -0.3 is 10.1 Å². The van der Waals surface area contributed by atoms with Crippen LogP contribution in [-0.4, -0.2) is 39.9 Å². The quantitative estimate of drug-likeness (QED) is 0.225. The van der Waals surface area contributed by atoms with Crippen molar-refractivity contribution in [3.8, 4) is 5.75 Å². The summed E-state index contributed by atoms with van der Waals surface area (Å²) >= 11 is 7.44. The zero-order valence-electron chi connectivity index (χ0n) is 21.8. The molecule has 2 aromatic heterocycles. The molecule has 1 unspecified atom stereocenters. The van der Waals surface area contributed by atoms with Crippen LogP contribution in [0.3, 0.4) is 0 Å². The molecule has 5 rings (SSSR count). The minimum atomic E-state index is -0.482. The summed E-state index contributed by atoms with van der Waals surface area (Å²) < 4.78 is 6.30. The molecule has 200 valence electrons. The van der Waals surface area contributed by atoms with E-state index in [1.54, 1.807) is 30.3 Å². The first-order valence-electron chi connectivity index (χ1n) is 12.5. The molecule has 1 N–H and O–H groups in total. The fraction of sp³-hybridized carbons (Fsp3) is 0.241. The van der Waals surface area contributed by atoms with Gasteiger partial charge in [-0.1, -0.05) is 58.8 Å². The number of methoxy groups -OCH3 is 1. The number of hydrogen-bond acceptors (Lipinski definition) is 7. The second-order valence-corrected chi connectivity index (χ2v) is 10.8. The number of pyridine rings is 1. The third-order valence-corrected chi connectivity index (χ3v) is 7.72. The number of aromatic nitrogens is 2. The predicted octanol–water partition coefficient (Wildman–Crippen LogP) is 5.53. The molecule has 10 heteroatoms. The maximum absolute atomic E-state index is 14.0. The highest BCUT2D eigenvalue weighted by Gasteiger charge is 2.45. The molecule has 1 aliphatic rings. The summed E-state index contributed by atoms with van der Waals surface area (Å²) in [7, 11) is 1.62. The minimum absolute atomic E-state index is 0.0877. The van der Waals surface area contributed by atoms with Crippen molar-refractivity contribution in [3.63, 3.8) is 0 Å². The fourth-order valence-electron chi connectivity index (χ4n) is 4.65. The summed E-state index contributed by atoms with van der Waals surface area (Å²) in [6.07, 6.45) is 0.0877. The number of hydrazine groups is 1. The minimum Gasteiger partial charge on any atom is -0.497 e. The van der Waals surface area contributed by atoms with Crippen LogP contribution in [-0.2, 0) is 22.7 Å². The Labute approximate surface area is 235 Å². The average molecular weight is 562 g/mol. The molecule has 4 aromatic rings. The van der Waals surface area contributed by atoms with Gasteiger partial charge in [-0.25, -0.2) is 15.0 Å². The summed E-state index contributed by atoms with van der Waals surface area (Å²) in [5, 5.41) is 7.45. The SMILES string of the molecule is COc1ccc(CN2C(CC(=O)NCc3cccc(Cl)n3)C(=C(C)C)C(=O)N2c2nc3ccccc3s2)cc1. The van der Waals surface area contributed by atoms with Crippen LogP contribution in [0.2, 0.25) is 5.15 Å². The Hall–Kier alpha value is -3.79. The summed E-state index contributed by atoms with van der Waals surface area (Å²) in [5.74, 6) is 0.380. The van der Waals surface area contributed by atoms with Crippen molar-refractivity contribution in [2.45, 2.75) is 39.4 Å². The van der Waals surface area contributed by atoms with Gasteiger partial charge in [0.1, 0.15) is 10.9 Å². The average Bonchev–Trinajstić information content (AvgIpc) is 3.46. The molecule has 0 aliphatic carbocycles. The van der Waals surface area contributed by atoms with Gasteiger partial charge >= 0.3 is 0 Å². The third-order valence-electron chi connectivity index (χ3n) is 6.50. The molecular weight excluding hydrogens is 534 g/mol. The highest BCUT2D eigenvalue weighted by Crippen LogP contribution is 2.38. The molecule has 0 saturated carbocycles. The maximum atomic E-state index is 14.0. The van der Waals surface area contributed by atoms with E-state index in [-0.39, 0.29) is 24.8 Å². The monoisotopic (exact) mass is 561 g/mol. The lowest BCUT2D eigenvalue weighted by molar-refractivity contribution is -0.122. The lowest BCUT2D eigenvalue weighted by Crippen LogP contribution is -2.44. The van der Waals surface area contributed by atoms with Crippen LogP contribution in [0.1, 0.15) is 31.5 Å². The van der Waals surface area contributed by atoms with Gasteiger partial charge in [-0.3, -0.25) is 9.59 Å². The van der Waals surface area contributed by atoms with Crippen LogP contribution in [0, 0.1) is 0 Å². The molecule has 2 aromatic carbocycles. The number of ether oxygens (including phenoxy) is 1. The van der Waals surface area contributed by atoms with Gasteiger partial charge in [0, 0.05) is 18.5 Å². The smallest absolute Gasteiger partial charge is 0.272 e. The van der Waals surface area contributed by atoms with Crippen LogP contribution in [0.5, 0.6) is 5.75 Å². The fourth-order valence-corrected chi connectivity index (χ4v) is 5.81. The number of fused-ring (bicyclic) bond motifs is 1. The van der Waals surface area contributed by atoms with E-state index in [4.69, 9.17) is 21.3 Å². The molecule has 1 atom stereocenters. The van der Waals surface area contributed by atoms with E-state index in [0.29, 0.717) is 28.1 Å². The van der Waals surface area contributed by atoms with E-state index in [2.05, 4.69) is 10.3 Å². The predicted molar refractivity (Wildman–Crippen MR) is 154 cm³/mol. The molecular formula is C29H28ClN5O3S. The standard InChI is InChI=1S/C29H28ClN5O3S/c1-18(2)27-23(15-26(36)31-16-20-7-6-10-25(30)32-20)34(17-19-11-13-21(38-3)14-12-19)35(28(27)37)29-33-22-8-4-5-9-24(22)39-29/h4-14,23H,15-17H2,1-3H3,(H,31,36). The summed E-state index contributed by atoms with van der Waals surface area (Å²) in [4.78, 5) is 36.2. The number of benzene rings is 2. The van der Waals surface area contributed by atoms with Gasteiger partial charge in [0.2, 0.25) is 11.0 Å². The van der Waals surface area contributed by atoms with Crippen LogP contribution >= 0.6 is 22.9 Å². The number of hydrogen-bond donors (Lipinski definition) is 1. The number of thiazole rings is 1. The van der Waals surface area contributed by atoms with Gasteiger partial charge in [-0.15, -0.1) is 0 Å². The molecule has 39 heavy (non-hydrogen) atoms. The second-order valence-electron chi connectivity index (χ2n) is 9.39. The number of allylic oxidation sites excluding steroid dienone is 1. The molecule has 3 heterocycles. The number of nitrogens with one attached hydrogen (secondary N) is 1. The molecule has 0 bridgehead atoms. The molecule has 0 spiro atoms. The first-order chi connectivity index (χ1) is 18.8. The highest BCUT2D eigenvalue weighted by atomic mass is 35.5. The summed E-state index contributed by atoms with van der Waals surface area (Å²) in [6.45, 7) is 4.45. The number of carbonyl (C=O) groups excluding carboxylic acids is 2. The van der Waals surface area contributed by atoms with Crippen LogP contribution in [0.25, 0.3) is 10.2 Å². The molecule has 2 amide bonds. The molecule has 1 fully saturated rings. The Kier molecular flexibility index (Phi) is 7.92. The zero-order valence-corrected chi connectivity index (χ0v) is 23.4. The van der Waals surface area contributed by atoms with Crippen molar-refractivity contribution in [3.05, 3.63) is 94.3 Å². The van der Waals surface area contributed by atoms with Gasteiger partial charge in [0.15, 0.2) is 0 Å². The van der Waals surface area contributed by atoms with Gasteiger partial charge in [-0.05, 0) is 55.8 Å². The molecule has 0 radical (unpaired) electrons. The summed E-state index contributed by atoms with van der Waals surface area (Å²) in [6, 6.07) is 20.3. The van der Waals surface area contributed by atoms with Crippen molar-refractivity contribution in [2.75, 3.05) is 12.1 Å². The van der Waals surface area contributed by atoms with Crippen LogP contribution < -0.4 is 15.1 Å². The summed E-state index contributed by atoms with van der Waals surface area (Å²) in [5.41, 5.74) is 3.91. The number of carbonyl (C=O) groups is 2. The van der Waals surface area contributed by atoms with E-state index in [9.17, 15) is 9.59 Å². The molecule has 1 saturated heterocycles. The normalized spacial score (nSPS) is 15.7. The van der Waals surface area contributed by atoms with Crippen molar-refractivity contribution in [2.24, 2.45) is 0 Å². The molecule has 1 aliphatic heterocycles. The van der Waals surface area contributed by atoms with Crippen molar-refractivity contribution in [1.29, 1.82) is 0 Å². The Balaban J connectivity index is 1.48. The number of nitrogens with zero attached hydrogens (tertiary/aromatic N) is 4. The van der Waals surface area contributed by atoms with Crippen molar-refractivity contribution < 1.29 is 14.3 Å². The number of anilines is 1. The van der Waals surface area contributed by atoms with Gasteiger partial charge in [-0.2, -0.15) is 5.01 Å². The third kappa shape index (κ3) is 5.80. The van der Waals surface area contributed by atoms with E-state index in [1.807, 2.05) is 67.4 Å². The van der Waals surface area contributed by atoms with Crippen molar-refractivity contribution in [1.82, 2.24) is 20.3 Å². The lowest BCUT2D eigenvalue weighted by atomic mass is 9.99. The topological polar surface area (TPSA) is 87.7 Å².